The quantitative estimate of drug-likeness (QED) is 0.616. The molecule has 156 valence electrons. The van der Waals surface area contributed by atoms with Crippen LogP contribution >= 0.6 is 11.6 Å². The molecule has 0 saturated carbocycles. The average molecular weight is 425 g/mol. The third-order valence-corrected chi connectivity index (χ3v) is 6.65. The number of rotatable bonds is 3. The summed E-state index contributed by atoms with van der Waals surface area (Å²) < 4.78 is 11.5. The molecule has 6 heteroatoms. The second-order valence-electron chi connectivity index (χ2n) is 8.10. The first kappa shape index (κ1) is 19.3. The standard InChI is InChI=1S/C24H25ClN2O3/c1-16-20(25)5-2-6-21(16)26-7-9-27(10-8-26)24(28)13-18-15-30-23-14-22-17(12-19(18)23)4-3-11-29-22/h2,5-6,12,14-15H,3-4,7-11,13H2,1H3. The molecule has 1 aromatic heterocycles. The summed E-state index contributed by atoms with van der Waals surface area (Å²) in [7, 11) is 0. The summed E-state index contributed by atoms with van der Waals surface area (Å²) in [6, 6.07) is 10.1. The molecule has 1 amide bonds. The number of benzene rings is 2. The van der Waals surface area contributed by atoms with Gasteiger partial charge >= 0.3 is 0 Å². The zero-order valence-corrected chi connectivity index (χ0v) is 17.9. The lowest BCUT2D eigenvalue weighted by Gasteiger charge is -2.37. The van der Waals surface area contributed by atoms with Crippen LogP contribution in [-0.2, 0) is 17.6 Å². The number of fused-ring (bicyclic) bond motifs is 2. The monoisotopic (exact) mass is 424 g/mol. The summed E-state index contributed by atoms with van der Waals surface area (Å²) in [6.07, 6.45) is 4.12. The van der Waals surface area contributed by atoms with Crippen LogP contribution in [0.15, 0.2) is 41.0 Å². The van der Waals surface area contributed by atoms with Crippen molar-refractivity contribution in [1.82, 2.24) is 4.90 Å². The van der Waals surface area contributed by atoms with Gasteiger partial charge in [0.1, 0.15) is 11.3 Å². The Morgan fingerprint density at radius 3 is 2.83 bits per heavy atom. The average Bonchev–Trinajstić information content (AvgIpc) is 3.15. The second kappa shape index (κ2) is 7.88. The van der Waals surface area contributed by atoms with Crippen molar-refractivity contribution in [3.8, 4) is 5.75 Å². The minimum absolute atomic E-state index is 0.147. The van der Waals surface area contributed by atoms with E-state index >= 15 is 0 Å². The SMILES string of the molecule is Cc1c(Cl)cccc1N1CCN(C(=O)Cc2coc3cc4c(cc23)CCCO4)CC1. The molecule has 5 nitrogen and oxygen atoms in total. The van der Waals surface area contributed by atoms with Crippen LogP contribution in [0.3, 0.4) is 0 Å². The Morgan fingerprint density at radius 2 is 2.00 bits per heavy atom. The number of ether oxygens (including phenoxy) is 1. The lowest BCUT2D eigenvalue weighted by molar-refractivity contribution is -0.130. The molecule has 2 aliphatic rings. The van der Waals surface area contributed by atoms with Crippen molar-refractivity contribution in [3.05, 3.63) is 58.3 Å². The Kier molecular flexibility index (Phi) is 5.07. The van der Waals surface area contributed by atoms with Gasteiger partial charge in [-0.1, -0.05) is 17.7 Å². The maximum Gasteiger partial charge on any atom is 0.227 e. The first-order valence-corrected chi connectivity index (χ1v) is 10.9. The fourth-order valence-corrected chi connectivity index (χ4v) is 4.64. The Labute approximate surface area is 181 Å². The van der Waals surface area contributed by atoms with Gasteiger partial charge in [0, 0.05) is 53.9 Å². The van der Waals surface area contributed by atoms with Crippen LogP contribution < -0.4 is 9.64 Å². The number of nitrogens with zero attached hydrogens (tertiary/aromatic N) is 2. The summed E-state index contributed by atoms with van der Waals surface area (Å²) >= 11 is 6.28. The molecule has 0 spiro atoms. The maximum absolute atomic E-state index is 13.0. The summed E-state index contributed by atoms with van der Waals surface area (Å²) in [5, 5.41) is 1.81. The highest BCUT2D eigenvalue weighted by Crippen LogP contribution is 2.33. The van der Waals surface area contributed by atoms with Gasteiger partial charge in [-0.25, -0.2) is 0 Å². The molecule has 3 aromatic rings. The molecule has 0 radical (unpaired) electrons. The molecular formula is C24H25ClN2O3. The van der Waals surface area contributed by atoms with Gasteiger partial charge in [-0.05, 0) is 49.1 Å². The Morgan fingerprint density at radius 1 is 1.17 bits per heavy atom. The van der Waals surface area contributed by atoms with E-state index in [0.717, 1.165) is 71.1 Å². The second-order valence-corrected chi connectivity index (χ2v) is 8.50. The topological polar surface area (TPSA) is 45.9 Å². The number of halogens is 1. The van der Waals surface area contributed by atoms with Crippen molar-refractivity contribution in [2.24, 2.45) is 0 Å². The van der Waals surface area contributed by atoms with E-state index in [2.05, 4.69) is 17.0 Å². The fourth-order valence-electron chi connectivity index (χ4n) is 4.47. The molecule has 0 bridgehead atoms. The summed E-state index contributed by atoms with van der Waals surface area (Å²) in [6.45, 7) is 5.84. The number of piperazine rings is 1. The van der Waals surface area contributed by atoms with Crippen molar-refractivity contribution in [2.45, 2.75) is 26.2 Å². The van der Waals surface area contributed by atoms with Gasteiger partial charge in [0.15, 0.2) is 0 Å². The molecule has 2 aliphatic heterocycles. The number of hydrogen-bond acceptors (Lipinski definition) is 4. The van der Waals surface area contributed by atoms with Gasteiger partial charge in [-0.3, -0.25) is 4.79 Å². The first-order chi connectivity index (χ1) is 14.6. The zero-order valence-electron chi connectivity index (χ0n) is 17.1. The number of hydrogen-bond donors (Lipinski definition) is 0. The molecule has 5 rings (SSSR count). The van der Waals surface area contributed by atoms with Crippen molar-refractivity contribution in [1.29, 1.82) is 0 Å². The van der Waals surface area contributed by atoms with E-state index in [1.54, 1.807) is 6.26 Å². The molecule has 1 saturated heterocycles. The first-order valence-electron chi connectivity index (χ1n) is 10.5. The van der Waals surface area contributed by atoms with Crippen LogP contribution in [0.25, 0.3) is 11.0 Å². The Hall–Kier alpha value is -2.66. The van der Waals surface area contributed by atoms with Crippen LogP contribution in [0, 0.1) is 6.92 Å². The lowest BCUT2D eigenvalue weighted by atomic mass is 10.0. The lowest BCUT2D eigenvalue weighted by Crippen LogP contribution is -2.49. The van der Waals surface area contributed by atoms with Crippen molar-refractivity contribution < 1.29 is 13.9 Å². The highest BCUT2D eigenvalue weighted by molar-refractivity contribution is 6.31. The third-order valence-electron chi connectivity index (χ3n) is 6.24. The number of aryl methyl sites for hydroxylation is 1. The van der Waals surface area contributed by atoms with Gasteiger partial charge in [-0.15, -0.1) is 0 Å². The number of furan rings is 1. The smallest absolute Gasteiger partial charge is 0.227 e. The van der Waals surface area contributed by atoms with Gasteiger partial charge in [-0.2, -0.15) is 0 Å². The maximum atomic E-state index is 13.0. The largest absolute Gasteiger partial charge is 0.493 e. The van der Waals surface area contributed by atoms with Crippen LogP contribution in [0.4, 0.5) is 5.69 Å². The van der Waals surface area contributed by atoms with E-state index in [9.17, 15) is 4.79 Å². The molecule has 0 unspecified atom stereocenters. The molecule has 0 atom stereocenters. The molecule has 2 aromatic carbocycles. The Bertz CT molecular complexity index is 1100. The predicted octanol–water partition coefficient (Wildman–Crippen LogP) is 4.61. The number of amides is 1. The van der Waals surface area contributed by atoms with Gasteiger partial charge in [0.2, 0.25) is 5.91 Å². The minimum Gasteiger partial charge on any atom is -0.493 e. The van der Waals surface area contributed by atoms with E-state index < -0.39 is 0 Å². The molecule has 1 fully saturated rings. The third kappa shape index (κ3) is 3.52. The number of anilines is 1. The van der Waals surface area contributed by atoms with Crippen LogP contribution in [-0.4, -0.2) is 43.6 Å². The summed E-state index contributed by atoms with van der Waals surface area (Å²) in [5.41, 5.74) is 5.20. The van der Waals surface area contributed by atoms with Crippen LogP contribution in [0.5, 0.6) is 5.75 Å². The minimum atomic E-state index is 0.147. The van der Waals surface area contributed by atoms with Gasteiger partial charge < -0.3 is 19.0 Å². The van der Waals surface area contributed by atoms with E-state index in [4.69, 9.17) is 20.8 Å². The molecule has 0 N–H and O–H groups in total. The van der Waals surface area contributed by atoms with Crippen LogP contribution in [0.1, 0.15) is 23.1 Å². The normalized spacial score (nSPS) is 16.5. The van der Waals surface area contributed by atoms with E-state index in [-0.39, 0.29) is 5.91 Å². The molecule has 0 aliphatic carbocycles. The summed E-state index contributed by atoms with van der Waals surface area (Å²) in [4.78, 5) is 17.2. The number of carbonyl (C=O) groups is 1. The van der Waals surface area contributed by atoms with E-state index in [1.165, 1.54) is 5.56 Å². The van der Waals surface area contributed by atoms with Gasteiger partial charge in [0.25, 0.3) is 0 Å². The van der Waals surface area contributed by atoms with Crippen molar-refractivity contribution >= 4 is 34.2 Å². The summed E-state index contributed by atoms with van der Waals surface area (Å²) in [5.74, 6) is 1.06. The predicted molar refractivity (Wildman–Crippen MR) is 119 cm³/mol. The molecular weight excluding hydrogens is 400 g/mol. The molecule has 30 heavy (non-hydrogen) atoms. The highest BCUT2D eigenvalue weighted by atomic mass is 35.5. The van der Waals surface area contributed by atoms with Crippen molar-refractivity contribution in [2.75, 3.05) is 37.7 Å². The van der Waals surface area contributed by atoms with Crippen molar-refractivity contribution in [3.63, 3.8) is 0 Å². The van der Waals surface area contributed by atoms with Crippen LogP contribution in [0.2, 0.25) is 5.02 Å². The number of carbonyl (C=O) groups excluding carboxylic acids is 1. The van der Waals surface area contributed by atoms with E-state index in [1.807, 2.05) is 30.0 Å². The van der Waals surface area contributed by atoms with Gasteiger partial charge in [0.05, 0.1) is 19.3 Å². The zero-order chi connectivity index (χ0) is 20.7. The highest BCUT2D eigenvalue weighted by Gasteiger charge is 2.24. The Balaban J connectivity index is 1.27. The fraction of sp³-hybridized carbons (Fsp3) is 0.375. The van der Waals surface area contributed by atoms with E-state index in [0.29, 0.717) is 19.5 Å². The molecule has 3 heterocycles.